The zero-order valence-electron chi connectivity index (χ0n) is 12.0. The number of likely N-dealkylation sites (N-methyl/N-ethyl adjacent to an activating group) is 1. The molecule has 2 aromatic heterocycles. The molecule has 0 saturated carbocycles. The van der Waals surface area contributed by atoms with Gasteiger partial charge in [0.15, 0.2) is 0 Å². The smallest absolute Gasteiger partial charge is 0.125 e. The van der Waals surface area contributed by atoms with Crippen molar-refractivity contribution in [1.82, 2.24) is 19.9 Å². The second kappa shape index (κ2) is 5.94. The standard InChI is InChI=1S/C15H18N6/c1-2-20-7-8-21(11-14(20)15-18-5-6-19-15)13-3-4-17-10-12(13)9-16/h3-6,10,14H,2,7-8,11H2,1H3,(H,18,19). The molecule has 6 nitrogen and oxygen atoms in total. The number of pyridine rings is 1. The highest BCUT2D eigenvalue weighted by Crippen LogP contribution is 2.28. The fourth-order valence-electron chi connectivity index (χ4n) is 2.89. The zero-order valence-corrected chi connectivity index (χ0v) is 12.0. The van der Waals surface area contributed by atoms with Crippen LogP contribution in [0.1, 0.15) is 24.4 Å². The van der Waals surface area contributed by atoms with Crippen LogP contribution in [-0.4, -0.2) is 46.0 Å². The van der Waals surface area contributed by atoms with Crippen LogP contribution >= 0.6 is 0 Å². The molecule has 108 valence electrons. The summed E-state index contributed by atoms with van der Waals surface area (Å²) in [6.45, 7) is 5.83. The van der Waals surface area contributed by atoms with E-state index in [1.54, 1.807) is 18.6 Å². The van der Waals surface area contributed by atoms with Gasteiger partial charge in [-0.05, 0) is 12.6 Å². The Balaban J connectivity index is 1.88. The minimum atomic E-state index is 0.221. The number of aromatic nitrogens is 3. The monoisotopic (exact) mass is 282 g/mol. The quantitative estimate of drug-likeness (QED) is 0.925. The van der Waals surface area contributed by atoms with E-state index in [1.807, 2.05) is 12.3 Å². The molecule has 1 aliphatic rings. The summed E-state index contributed by atoms with van der Waals surface area (Å²) in [5.74, 6) is 0.981. The van der Waals surface area contributed by atoms with Crippen molar-refractivity contribution in [3.63, 3.8) is 0 Å². The molecule has 2 aromatic rings. The van der Waals surface area contributed by atoms with Crippen molar-refractivity contribution in [2.75, 3.05) is 31.1 Å². The van der Waals surface area contributed by atoms with Gasteiger partial charge in [-0.15, -0.1) is 0 Å². The lowest BCUT2D eigenvalue weighted by Crippen LogP contribution is -2.48. The lowest BCUT2D eigenvalue weighted by molar-refractivity contribution is 0.180. The topological polar surface area (TPSA) is 71.8 Å². The average molecular weight is 282 g/mol. The molecular weight excluding hydrogens is 264 g/mol. The molecule has 1 N–H and O–H groups in total. The highest BCUT2D eigenvalue weighted by atomic mass is 15.3. The molecule has 0 amide bonds. The first-order valence-electron chi connectivity index (χ1n) is 7.16. The maximum Gasteiger partial charge on any atom is 0.125 e. The number of H-pyrrole nitrogens is 1. The van der Waals surface area contributed by atoms with E-state index >= 15 is 0 Å². The van der Waals surface area contributed by atoms with Crippen LogP contribution in [0, 0.1) is 11.3 Å². The Morgan fingerprint density at radius 1 is 1.43 bits per heavy atom. The van der Waals surface area contributed by atoms with Crippen LogP contribution < -0.4 is 4.90 Å². The lowest BCUT2D eigenvalue weighted by atomic mass is 10.1. The average Bonchev–Trinajstić information content (AvgIpc) is 3.08. The van der Waals surface area contributed by atoms with Crippen molar-refractivity contribution < 1.29 is 0 Å². The number of aromatic amines is 1. The van der Waals surface area contributed by atoms with Crippen molar-refractivity contribution in [3.8, 4) is 6.07 Å². The van der Waals surface area contributed by atoms with Crippen molar-refractivity contribution in [2.45, 2.75) is 13.0 Å². The predicted octanol–water partition coefficient (Wildman–Crippen LogP) is 1.56. The summed E-state index contributed by atoms with van der Waals surface area (Å²) in [5, 5.41) is 9.25. The van der Waals surface area contributed by atoms with Crippen LogP contribution in [0.25, 0.3) is 0 Å². The van der Waals surface area contributed by atoms with Gasteiger partial charge < -0.3 is 9.88 Å². The second-order valence-corrected chi connectivity index (χ2v) is 5.07. The Hall–Kier alpha value is -2.39. The molecule has 1 fully saturated rings. The van der Waals surface area contributed by atoms with Gasteiger partial charge in [0.25, 0.3) is 0 Å². The predicted molar refractivity (Wildman–Crippen MR) is 79.7 cm³/mol. The molecular formula is C15H18N6. The summed E-state index contributed by atoms with van der Waals surface area (Å²) >= 11 is 0. The van der Waals surface area contributed by atoms with Gasteiger partial charge in [0, 0.05) is 44.4 Å². The normalized spacial score (nSPS) is 19.4. The summed E-state index contributed by atoms with van der Waals surface area (Å²) in [6, 6.07) is 4.36. The Kier molecular flexibility index (Phi) is 3.84. The molecule has 1 saturated heterocycles. The van der Waals surface area contributed by atoms with Gasteiger partial charge in [0.1, 0.15) is 11.9 Å². The second-order valence-electron chi connectivity index (χ2n) is 5.07. The van der Waals surface area contributed by atoms with Gasteiger partial charge >= 0.3 is 0 Å². The highest BCUT2D eigenvalue weighted by molar-refractivity contribution is 5.58. The summed E-state index contributed by atoms with van der Waals surface area (Å²) in [7, 11) is 0. The van der Waals surface area contributed by atoms with E-state index in [0.717, 1.165) is 37.7 Å². The van der Waals surface area contributed by atoms with Gasteiger partial charge in [-0.3, -0.25) is 9.88 Å². The van der Waals surface area contributed by atoms with E-state index in [4.69, 9.17) is 0 Å². The van der Waals surface area contributed by atoms with E-state index in [2.05, 4.69) is 37.7 Å². The van der Waals surface area contributed by atoms with Crippen molar-refractivity contribution in [2.24, 2.45) is 0 Å². The maximum atomic E-state index is 9.25. The van der Waals surface area contributed by atoms with Crippen LogP contribution in [0.5, 0.6) is 0 Å². The SMILES string of the molecule is CCN1CCN(c2ccncc2C#N)CC1c1ncc[nH]1. The first kappa shape index (κ1) is 13.6. The van der Waals surface area contributed by atoms with E-state index in [0.29, 0.717) is 5.56 Å². The molecule has 21 heavy (non-hydrogen) atoms. The zero-order chi connectivity index (χ0) is 14.7. The molecule has 3 heterocycles. The van der Waals surface area contributed by atoms with Crippen LogP contribution in [-0.2, 0) is 0 Å². The number of nitrogens with zero attached hydrogens (tertiary/aromatic N) is 5. The van der Waals surface area contributed by atoms with Gasteiger partial charge in [0.2, 0.25) is 0 Å². The molecule has 0 aromatic carbocycles. The third-order valence-electron chi connectivity index (χ3n) is 3.99. The van der Waals surface area contributed by atoms with E-state index in [-0.39, 0.29) is 6.04 Å². The number of nitriles is 1. The number of rotatable bonds is 3. The number of piperazine rings is 1. The van der Waals surface area contributed by atoms with Gasteiger partial charge in [0.05, 0.1) is 17.3 Å². The van der Waals surface area contributed by atoms with E-state index in [1.165, 1.54) is 0 Å². The largest absolute Gasteiger partial charge is 0.367 e. The summed E-state index contributed by atoms with van der Waals surface area (Å²) in [5.41, 5.74) is 1.58. The van der Waals surface area contributed by atoms with Crippen LogP contribution in [0.4, 0.5) is 5.69 Å². The third-order valence-corrected chi connectivity index (χ3v) is 3.99. The van der Waals surface area contributed by atoms with E-state index in [9.17, 15) is 5.26 Å². The minimum Gasteiger partial charge on any atom is -0.367 e. The fourth-order valence-corrected chi connectivity index (χ4v) is 2.89. The Morgan fingerprint density at radius 2 is 2.33 bits per heavy atom. The van der Waals surface area contributed by atoms with Crippen molar-refractivity contribution in [1.29, 1.82) is 5.26 Å². The van der Waals surface area contributed by atoms with Gasteiger partial charge in [-0.1, -0.05) is 6.92 Å². The number of imidazole rings is 1. The Morgan fingerprint density at radius 3 is 3.05 bits per heavy atom. The van der Waals surface area contributed by atoms with Crippen LogP contribution in [0.15, 0.2) is 30.9 Å². The first-order valence-corrected chi connectivity index (χ1v) is 7.16. The number of anilines is 1. The van der Waals surface area contributed by atoms with Crippen molar-refractivity contribution in [3.05, 3.63) is 42.2 Å². The summed E-state index contributed by atoms with van der Waals surface area (Å²) in [6.07, 6.45) is 7.01. The first-order chi connectivity index (χ1) is 10.3. The van der Waals surface area contributed by atoms with E-state index < -0.39 is 0 Å². The van der Waals surface area contributed by atoms with Gasteiger partial charge in [-0.2, -0.15) is 5.26 Å². The van der Waals surface area contributed by atoms with Crippen molar-refractivity contribution >= 4 is 5.69 Å². The number of hydrogen-bond donors (Lipinski definition) is 1. The molecule has 0 aliphatic carbocycles. The highest BCUT2D eigenvalue weighted by Gasteiger charge is 2.29. The van der Waals surface area contributed by atoms with Crippen LogP contribution in [0.3, 0.4) is 0 Å². The Labute approximate surface area is 124 Å². The maximum absolute atomic E-state index is 9.25. The molecule has 0 spiro atoms. The lowest BCUT2D eigenvalue weighted by Gasteiger charge is -2.41. The van der Waals surface area contributed by atoms with Gasteiger partial charge in [-0.25, -0.2) is 4.98 Å². The molecule has 6 heteroatoms. The Bertz CT molecular complexity index is 630. The summed E-state index contributed by atoms with van der Waals surface area (Å²) in [4.78, 5) is 16.3. The molecule has 1 atom stereocenters. The number of nitrogens with one attached hydrogen (secondary N) is 1. The number of hydrogen-bond acceptors (Lipinski definition) is 5. The molecule has 0 bridgehead atoms. The van der Waals surface area contributed by atoms with Crippen LogP contribution in [0.2, 0.25) is 0 Å². The molecule has 1 unspecified atom stereocenters. The molecule has 0 radical (unpaired) electrons. The fraction of sp³-hybridized carbons (Fsp3) is 0.400. The minimum absolute atomic E-state index is 0.221. The molecule has 1 aliphatic heterocycles. The third kappa shape index (κ3) is 2.60. The summed E-state index contributed by atoms with van der Waals surface area (Å²) < 4.78 is 0. The molecule has 3 rings (SSSR count).